The van der Waals surface area contributed by atoms with Gasteiger partial charge in [-0.2, -0.15) is 4.90 Å². The van der Waals surface area contributed by atoms with Crippen LogP contribution in [0.2, 0.25) is 0 Å². The van der Waals surface area contributed by atoms with Crippen LogP contribution in [0.4, 0.5) is 4.79 Å². The highest BCUT2D eigenvalue weighted by Gasteiger charge is 2.76. The van der Waals surface area contributed by atoms with Gasteiger partial charge in [-0.1, -0.05) is 57.9 Å². The summed E-state index contributed by atoms with van der Waals surface area (Å²) in [5.41, 5.74) is 6.33. The number of imide groups is 4. The molecule has 12 heteroatoms. The number of allylic oxidation sites excluding steroid dienone is 2. The van der Waals surface area contributed by atoms with E-state index < -0.39 is 63.1 Å². The van der Waals surface area contributed by atoms with Gasteiger partial charge in [-0.3, -0.25) is 24.1 Å². The number of carbonyl (C=O) groups excluding carboxylic acids is 5. The highest BCUT2D eigenvalue weighted by atomic mass is 79.9. The molecule has 38 heavy (non-hydrogen) atoms. The number of alkyl halides is 3. The van der Waals surface area contributed by atoms with Crippen LogP contribution in [0.25, 0.3) is 10.8 Å². The lowest BCUT2D eigenvalue weighted by molar-refractivity contribution is -0.139. The predicted molar refractivity (Wildman–Crippen MR) is 140 cm³/mol. The summed E-state index contributed by atoms with van der Waals surface area (Å²) in [4.78, 5) is 63.3. The lowest BCUT2D eigenvalue weighted by atomic mass is 9.56. The van der Waals surface area contributed by atoms with Crippen LogP contribution >= 0.6 is 39.1 Å². The topological polar surface area (TPSA) is 138 Å². The van der Waals surface area contributed by atoms with Crippen LogP contribution in [0.15, 0.2) is 48.0 Å². The number of phenolic OH excluding ortho intramolecular Hbond substituents is 1. The van der Waals surface area contributed by atoms with Crippen LogP contribution in [0.3, 0.4) is 0 Å². The van der Waals surface area contributed by atoms with Crippen molar-refractivity contribution >= 4 is 79.6 Å². The number of benzene rings is 2. The smallest absolute Gasteiger partial charge is 0.328 e. The highest BCUT2D eigenvalue weighted by Crippen LogP contribution is 2.66. The van der Waals surface area contributed by atoms with Gasteiger partial charge in [-0.25, -0.2) is 4.79 Å². The Morgan fingerprint density at radius 2 is 1.71 bits per heavy atom. The van der Waals surface area contributed by atoms with Crippen LogP contribution in [-0.4, -0.2) is 59.8 Å². The average Bonchev–Trinajstić information content (AvgIpc) is 3.23. The first-order chi connectivity index (χ1) is 18.0. The minimum absolute atomic E-state index is 0.0136. The summed E-state index contributed by atoms with van der Waals surface area (Å²) in [6, 6.07) is 8.93. The molecule has 4 aliphatic rings. The Kier molecular flexibility index (Phi) is 5.52. The van der Waals surface area contributed by atoms with Gasteiger partial charge >= 0.3 is 6.03 Å². The minimum atomic E-state index is -1.97. The largest absolute Gasteiger partial charge is 0.507 e. The number of hydrogen-bond acceptors (Lipinski definition) is 6. The van der Waals surface area contributed by atoms with Crippen LogP contribution in [0.1, 0.15) is 24.3 Å². The average molecular weight is 621 g/mol. The maximum atomic E-state index is 13.8. The van der Waals surface area contributed by atoms with Crippen molar-refractivity contribution in [2.24, 2.45) is 23.5 Å². The van der Waals surface area contributed by atoms with Gasteiger partial charge in [0.15, 0.2) is 9.75 Å². The van der Waals surface area contributed by atoms with Gasteiger partial charge in [0, 0.05) is 11.3 Å². The number of nitrogens with zero attached hydrogens (tertiary/aromatic N) is 2. The number of phenols is 1. The molecule has 2 aliphatic heterocycles. The zero-order valence-electron chi connectivity index (χ0n) is 19.6. The summed E-state index contributed by atoms with van der Waals surface area (Å²) < 4.78 is 0. The number of nitrogens with two attached hydrogens (primary N) is 1. The van der Waals surface area contributed by atoms with E-state index in [1.807, 2.05) is 0 Å². The molecule has 1 saturated carbocycles. The lowest BCUT2D eigenvalue weighted by Gasteiger charge is -2.51. The third kappa shape index (κ3) is 2.91. The zero-order valence-corrected chi connectivity index (χ0v) is 22.7. The molecule has 6 atom stereocenters. The first kappa shape index (κ1) is 25.3. The number of primary amides is 1. The lowest BCUT2D eigenvalue weighted by Crippen LogP contribution is -2.60. The molecule has 2 heterocycles. The van der Waals surface area contributed by atoms with Crippen molar-refractivity contribution in [2.45, 2.75) is 28.5 Å². The summed E-state index contributed by atoms with van der Waals surface area (Å²) in [6.45, 7) is 0. The third-order valence-corrected chi connectivity index (χ3v) is 10.4. The van der Waals surface area contributed by atoms with Crippen molar-refractivity contribution in [1.82, 2.24) is 9.80 Å². The molecule has 6 amide bonds. The summed E-state index contributed by atoms with van der Waals surface area (Å²) in [7, 11) is 0. The standard InChI is InChI=1S/C26H20BrCl2N3O6/c27-10-31-22(36)25(28)9-16-14(5-6-15-18(16)21(35)32(20(15)34)24(30)38)19(26(25,29)23(31)37)13-7-8-17(33)12-4-2-1-3-11(12)13/h1-5,7-8,15-16,18-19,33H,6,9-10H2,(H2,30,38)/t15-,16+,18-,19-,25+,26-/m0/s1. The predicted octanol–water partition coefficient (Wildman–Crippen LogP) is 3.34. The molecule has 2 aliphatic carbocycles. The van der Waals surface area contributed by atoms with Crippen molar-refractivity contribution in [1.29, 1.82) is 0 Å². The summed E-state index contributed by atoms with van der Waals surface area (Å²) in [6.07, 6.45) is 1.68. The van der Waals surface area contributed by atoms with Crippen LogP contribution in [-0.2, 0) is 19.2 Å². The second-order valence-electron chi connectivity index (χ2n) is 10.1. The molecule has 0 spiro atoms. The van der Waals surface area contributed by atoms with Gasteiger partial charge in [-0.15, -0.1) is 23.2 Å². The quantitative estimate of drug-likeness (QED) is 0.229. The van der Waals surface area contributed by atoms with Crippen LogP contribution < -0.4 is 5.73 Å². The van der Waals surface area contributed by atoms with Crippen LogP contribution in [0.5, 0.6) is 5.75 Å². The maximum Gasteiger partial charge on any atom is 0.328 e. The number of likely N-dealkylation sites (tertiary alicyclic amines) is 2. The Morgan fingerprint density at radius 3 is 2.37 bits per heavy atom. The molecule has 0 radical (unpaired) electrons. The minimum Gasteiger partial charge on any atom is -0.507 e. The molecule has 2 aromatic rings. The Labute approximate surface area is 234 Å². The molecule has 2 saturated heterocycles. The maximum absolute atomic E-state index is 13.8. The first-order valence-electron chi connectivity index (χ1n) is 11.9. The molecule has 3 fully saturated rings. The number of halogens is 3. The van der Waals surface area contributed by atoms with Crippen molar-refractivity contribution in [3.05, 3.63) is 53.6 Å². The molecule has 9 nitrogen and oxygen atoms in total. The van der Waals surface area contributed by atoms with E-state index in [1.54, 1.807) is 36.4 Å². The van der Waals surface area contributed by atoms with Crippen molar-refractivity contribution < 1.29 is 29.1 Å². The van der Waals surface area contributed by atoms with Gasteiger partial charge in [0.1, 0.15) is 5.75 Å². The van der Waals surface area contributed by atoms with E-state index in [0.29, 0.717) is 26.8 Å². The second-order valence-corrected chi connectivity index (χ2v) is 11.8. The fraction of sp³-hybridized carbons (Fsp3) is 0.346. The number of amides is 6. The van der Waals surface area contributed by atoms with E-state index >= 15 is 0 Å². The fourth-order valence-electron chi connectivity index (χ4n) is 6.87. The van der Waals surface area contributed by atoms with Gasteiger partial charge in [-0.05, 0) is 35.8 Å². The third-order valence-electron chi connectivity index (χ3n) is 8.48. The van der Waals surface area contributed by atoms with Gasteiger partial charge in [0.2, 0.25) is 11.8 Å². The summed E-state index contributed by atoms with van der Waals surface area (Å²) in [5, 5.41) is 11.6. The molecular formula is C26H20BrCl2N3O6. The molecule has 0 unspecified atom stereocenters. The molecule has 196 valence electrons. The van der Waals surface area contributed by atoms with Gasteiger partial charge in [0.05, 0.1) is 17.3 Å². The normalized spacial score (nSPS) is 34.3. The monoisotopic (exact) mass is 619 g/mol. The highest BCUT2D eigenvalue weighted by molar-refractivity contribution is 9.09. The van der Waals surface area contributed by atoms with Crippen molar-refractivity contribution in [3.8, 4) is 5.75 Å². The van der Waals surface area contributed by atoms with E-state index in [0.717, 1.165) is 4.90 Å². The molecule has 6 rings (SSSR count). The van der Waals surface area contributed by atoms with Crippen LogP contribution in [0, 0.1) is 17.8 Å². The number of urea groups is 1. The second kappa shape index (κ2) is 8.27. The number of rotatable bonds is 2. The summed E-state index contributed by atoms with van der Waals surface area (Å²) >= 11 is 17.6. The Bertz CT molecular complexity index is 1530. The van der Waals surface area contributed by atoms with E-state index in [4.69, 9.17) is 28.9 Å². The first-order valence-corrected chi connectivity index (χ1v) is 13.7. The van der Waals surface area contributed by atoms with Crippen molar-refractivity contribution in [2.75, 3.05) is 5.45 Å². The van der Waals surface area contributed by atoms with Crippen molar-refractivity contribution in [3.63, 3.8) is 0 Å². The van der Waals surface area contributed by atoms with E-state index in [-0.39, 0.29) is 24.0 Å². The Morgan fingerprint density at radius 1 is 1.03 bits per heavy atom. The molecule has 3 N–H and O–H groups in total. The van der Waals surface area contributed by atoms with E-state index in [1.165, 1.54) is 6.07 Å². The molecule has 0 aromatic heterocycles. The molecule has 2 aromatic carbocycles. The van der Waals surface area contributed by atoms with E-state index in [2.05, 4.69) is 15.9 Å². The SMILES string of the molecule is NC(=O)N1C(=O)[C@H]2[C@H](CC=C3[C@H]2C[C@@]2(Cl)C(=O)N(CBr)C(=O)[C@@]2(Cl)[C@H]3c2ccc(O)c3ccccc23)C1=O. The molecular weight excluding hydrogens is 601 g/mol. The zero-order chi connectivity index (χ0) is 27.3. The van der Waals surface area contributed by atoms with Gasteiger partial charge in [0.25, 0.3) is 11.8 Å². The number of carbonyl (C=O) groups is 5. The fourth-order valence-corrected chi connectivity index (χ4v) is 8.29. The van der Waals surface area contributed by atoms with Gasteiger partial charge < -0.3 is 10.8 Å². The number of fused-ring (bicyclic) bond motifs is 5. The summed E-state index contributed by atoms with van der Waals surface area (Å²) in [5.74, 6) is -6.46. The number of aromatic hydroxyl groups is 1. The van der Waals surface area contributed by atoms with E-state index in [9.17, 15) is 29.1 Å². The number of hydrogen-bond donors (Lipinski definition) is 2. The Hall–Kier alpha value is -2.95. The Balaban J connectivity index is 1.63. The molecule has 0 bridgehead atoms.